The molecule has 3 heterocycles. The molecule has 0 aliphatic carbocycles. The number of carbonyl (C=O) groups excluding carboxylic acids is 2. The number of fused-ring (bicyclic) bond motifs is 1. The second kappa shape index (κ2) is 9.18. The highest BCUT2D eigenvalue weighted by Crippen LogP contribution is 2.26. The van der Waals surface area contributed by atoms with Crippen LogP contribution in [0.25, 0.3) is 11.7 Å². The predicted molar refractivity (Wildman–Crippen MR) is 129 cm³/mol. The maximum atomic E-state index is 13.4. The molecule has 9 nitrogen and oxygen atoms in total. The highest BCUT2D eigenvalue weighted by molar-refractivity contribution is 7.90. The number of carbonyl (C=O) groups is 2. The molecule has 0 spiro atoms. The van der Waals surface area contributed by atoms with Gasteiger partial charge in [-0.25, -0.2) is 9.78 Å². The van der Waals surface area contributed by atoms with Gasteiger partial charge in [-0.05, 0) is 24.3 Å². The van der Waals surface area contributed by atoms with Gasteiger partial charge in [-0.15, -0.1) is 0 Å². The first-order valence-corrected chi connectivity index (χ1v) is 11.8. The normalized spacial score (nSPS) is 15.4. The molecular formula is C23H17ClN6O3S. The summed E-state index contributed by atoms with van der Waals surface area (Å²) in [6, 6.07) is 17.7. The molecule has 1 aliphatic rings. The summed E-state index contributed by atoms with van der Waals surface area (Å²) in [5, 5.41) is 13.1. The zero-order chi connectivity index (χ0) is 23.7. The van der Waals surface area contributed by atoms with E-state index in [2.05, 4.69) is 26.0 Å². The molecule has 1 unspecified atom stereocenters. The summed E-state index contributed by atoms with van der Waals surface area (Å²) < 4.78 is 14.8. The van der Waals surface area contributed by atoms with E-state index in [4.69, 9.17) is 11.6 Å². The van der Waals surface area contributed by atoms with Crippen molar-refractivity contribution in [1.82, 2.24) is 25.2 Å². The summed E-state index contributed by atoms with van der Waals surface area (Å²) in [5.74, 6) is 0.155. The fourth-order valence-electron chi connectivity index (χ4n) is 3.43. The van der Waals surface area contributed by atoms with Gasteiger partial charge in [0.15, 0.2) is 5.65 Å². The molecule has 1 aliphatic heterocycles. The third-order valence-electron chi connectivity index (χ3n) is 4.96. The van der Waals surface area contributed by atoms with Crippen molar-refractivity contribution in [2.75, 3.05) is 5.32 Å². The Hall–Kier alpha value is -3.86. The molecule has 5 rings (SSSR count). The summed E-state index contributed by atoms with van der Waals surface area (Å²) in [7, 11) is 0. The maximum absolute atomic E-state index is 13.4. The lowest BCUT2D eigenvalue weighted by molar-refractivity contribution is -0.115. The van der Waals surface area contributed by atoms with Crippen LogP contribution in [0.1, 0.15) is 11.1 Å². The van der Waals surface area contributed by atoms with Gasteiger partial charge in [0.25, 0.3) is 10.9 Å². The summed E-state index contributed by atoms with van der Waals surface area (Å²) in [6.45, 7) is 0. The molecule has 34 heavy (non-hydrogen) atoms. The van der Waals surface area contributed by atoms with E-state index in [0.717, 1.165) is 5.56 Å². The molecule has 0 radical (unpaired) electrons. The number of benzene rings is 2. The third-order valence-corrected chi connectivity index (χ3v) is 6.54. The minimum atomic E-state index is -1.46. The van der Waals surface area contributed by atoms with Crippen molar-refractivity contribution in [2.45, 2.75) is 10.8 Å². The van der Waals surface area contributed by atoms with Gasteiger partial charge in [-0.1, -0.05) is 48.0 Å². The predicted octanol–water partition coefficient (Wildman–Crippen LogP) is 3.61. The van der Waals surface area contributed by atoms with Crippen LogP contribution < -0.4 is 16.0 Å². The number of rotatable bonds is 6. The van der Waals surface area contributed by atoms with E-state index in [1.165, 1.54) is 16.8 Å². The molecule has 1 fully saturated rings. The quantitative estimate of drug-likeness (QED) is 0.163. The fraction of sp³-hybridized carbons (Fsp3) is 0.0435. The molecule has 1 saturated heterocycles. The molecule has 2 aromatic carbocycles. The molecule has 3 N–H and O–H groups in total. The van der Waals surface area contributed by atoms with Crippen LogP contribution >= 0.6 is 11.6 Å². The van der Waals surface area contributed by atoms with E-state index in [1.54, 1.807) is 24.3 Å². The van der Waals surface area contributed by atoms with Crippen LogP contribution in [0.2, 0.25) is 5.02 Å². The number of nitrogens with one attached hydrogen (secondary N) is 3. The van der Waals surface area contributed by atoms with Crippen LogP contribution in [0.15, 0.2) is 77.6 Å². The molecule has 4 aromatic rings. The number of hydrogen-bond acceptors (Lipinski definition) is 6. The smallest absolute Gasteiger partial charge is 0.326 e. The minimum absolute atomic E-state index is 0.0712. The summed E-state index contributed by atoms with van der Waals surface area (Å²) in [4.78, 5) is 28.1. The second-order valence-corrected chi connectivity index (χ2v) is 9.23. The summed E-state index contributed by atoms with van der Waals surface area (Å²) in [6.07, 6.45) is 2.97. The number of urea groups is 1. The first kappa shape index (κ1) is 22.0. The van der Waals surface area contributed by atoms with Gasteiger partial charge in [-0.3, -0.25) is 10.1 Å². The Morgan fingerprint density at radius 2 is 1.91 bits per heavy atom. The molecule has 2 aromatic heterocycles. The van der Waals surface area contributed by atoms with Crippen molar-refractivity contribution in [2.24, 2.45) is 0 Å². The van der Waals surface area contributed by atoms with Gasteiger partial charge in [0.05, 0.1) is 12.3 Å². The lowest BCUT2D eigenvalue weighted by Crippen LogP contribution is -2.22. The lowest BCUT2D eigenvalue weighted by Gasteiger charge is -2.14. The van der Waals surface area contributed by atoms with Crippen molar-refractivity contribution in [1.29, 1.82) is 0 Å². The average Bonchev–Trinajstić information content (AvgIpc) is 3.36. The minimum Gasteiger partial charge on any atom is -0.610 e. The van der Waals surface area contributed by atoms with Crippen LogP contribution in [-0.4, -0.2) is 31.1 Å². The number of anilines is 2. The van der Waals surface area contributed by atoms with Crippen molar-refractivity contribution in [3.05, 3.63) is 88.7 Å². The van der Waals surface area contributed by atoms with Crippen molar-refractivity contribution >= 4 is 57.9 Å². The highest BCUT2D eigenvalue weighted by Gasteiger charge is 2.25. The van der Waals surface area contributed by atoms with Gasteiger partial charge in [0.1, 0.15) is 17.3 Å². The Kier molecular flexibility index (Phi) is 5.93. The van der Waals surface area contributed by atoms with E-state index in [0.29, 0.717) is 32.8 Å². The van der Waals surface area contributed by atoms with Crippen LogP contribution in [0.3, 0.4) is 0 Å². The maximum Gasteiger partial charge on any atom is 0.326 e. The zero-order valence-corrected chi connectivity index (χ0v) is 19.1. The molecule has 3 amide bonds. The highest BCUT2D eigenvalue weighted by atomic mass is 35.5. The summed E-state index contributed by atoms with van der Waals surface area (Å²) in [5.41, 5.74) is 2.52. The van der Waals surface area contributed by atoms with E-state index in [9.17, 15) is 14.1 Å². The van der Waals surface area contributed by atoms with Gasteiger partial charge >= 0.3 is 6.03 Å². The number of amides is 3. The Morgan fingerprint density at radius 1 is 1.09 bits per heavy atom. The van der Waals surface area contributed by atoms with Crippen LogP contribution in [0, 0.1) is 0 Å². The lowest BCUT2D eigenvalue weighted by atomic mass is 10.2. The topological polar surface area (TPSA) is 123 Å². The molecule has 170 valence electrons. The first-order chi connectivity index (χ1) is 16.5. The second-order valence-electron chi connectivity index (χ2n) is 7.39. The Bertz CT molecular complexity index is 1440. The Labute approximate surface area is 202 Å². The Balaban J connectivity index is 1.59. The standard InChI is InChI=1S/C23H17ClN6O3S/c24-16-7-4-8-17(10-16)26-19-11-20(34(33)13-14-5-2-1-3-6-14)30-21(28-19)15(12-25-30)9-18-22(31)29-23(32)27-18/h1-12H,13H2,(H,26,28)(H2,27,29,31,32)/b18-9+. The molecule has 11 heteroatoms. The number of aromatic nitrogens is 3. The monoisotopic (exact) mass is 492 g/mol. The number of halogens is 1. The third kappa shape index (κ3) is 4.60. The van der Waals surface area contributed by atoms with Crippen molar-refractivity contribution in [3.63, 3.8) is 0 Å². The van der Waals surface area contributed by atoms with E-state index in [1.807, 2.05) is 36.4 Å². The average molecular weight is 493 g/mol. The number of imide groups is 1. The van der Waals surface area contributed by atoms with Crippen LogP contribution in [0.5, 0.6) is 0 Å². The van der Waals surface area contributed by atoms with Gasteiger partial charge < -0.3 is 15.2 Å². The van der Waals surface area contributed by atoms with Crippen molar-refractivity contribution in [3.8, 4) is 0 Å². The molecule has 0 saturated carbocycles. The van der Waals surface area contributed by atoms with E-state index >= 15 is 0 Å². The van der Waals surface area contributed by atoms with Crippen molar-refractivity contribution < 1.29 is 14.1 Å². The molecule has 0 bridgehead atoms. The first-order valence-electron chi connectivity index (χ1n) is 10.1. The van der Waals surface area contributed by atoms with E-state index in [-0.39, 0.29) is 11.4 Å². The Morgan fingerprint density at radius 3 is 2.65 bits per heavy atom. The largest absolute Gasteiger partial charge is 0.610 e. The summed E-state index contributed by atoms with van der Waals surface area (Å²) >= 11 is 4.64. The zero-order valence-electron chi connectivity index (χ0n) is 17.5. The van der Waals surface area contributed by atoms with Gasteiger partial charge in [-0.2, -0.15) is 9.61 Å². The van der Waals surface area contributed by atoms with E-state index < -0.39 is 23.1 Å². The van der Waals surface area contributed by atoms with Gasteiger partial charge in [0.2, 0.25) is 0 Å². The van der Waals surface area contributed by atoms with Crippen LogP contribution in [0.4, 0.5) is 16.3 Å². The molecule has 1 atom stereocenters. The number of nitrogens with zero attached hydrogens (tertiary/aromatic N) is 3. The van der Waals surface area contributed by atoms with Gasteiger partial charge in [0, 0.05) is 33.0 Å². The number of hydrogen-bond donors (Lipinski definition) is 3. The SMILES string of the molecule is O=C1NC(=O)/C(=C\c2cnn3c([S+]([O-])Cc4ccccc4)cc(Nc4cccc(Cl)c4)nc23)N1. The molecular weight excluding hydrogens is 476 g/mol. The fourth-order valence-corrected chi connectivity index (χ4v) is 4.83. The van der Waals surface area contributed by atoms with Crippen LogP contribution in [-0.2, 0) is 21.7 Å².